The van der Waals surface area contributed by atoms with Crippen molar-refractivity contribution in [2.45, 2.75) is 0 Å². The van der Waals surface area contributed by atoms with Crippen LogP contribution in [0.5, 0.6) is 5.75 Å². The summed E-state index contributed by atoms with van der Waals surface area (Å²) in [5, 5.41) is 0.186. The number of hydrogen-bond acceptors (Lipinski definition) is 3. The Morgan fingerprint density at radius 2 is 2.29 bits per heavy atom. The van der Waals surface area contributed by atoms with Gasteiger partial charge < -0.3 is 10.5 Å². The van der Waals surface area contributed by atoms with Gasteiger partial charge in [-0.25, -0.2) is 4.39 Å². The Labute approximate surface area is 85.6 Å². The zero-order valence-corrected chi connectivity index (χ0v) is 8.27. The summed E-state index contributed by atoms with van der Waals surface area (Å²) >= 11 is 5.72. The van der Waals surface area contributed by atoms with Gasteiger partial charge in [-0.1, -0.05) is 11.6 Å². The van der Waals surface area contributed by atoms with Crippen LogP contribution in [0.3, 0.4) is 0 Å². The van der Waals surface area contributed by atoms with E-state index in [1.807, 2.05) is 0 Å². The smallest absolute Gasteiger partial charge is 0.183 e. The molecule has 0 unspecified atom stereocenters. The van der Waals surface area contributed by atoms with Gasteiger partial charge in [-0.15, -0.1) is 0 Å². The second-order valence-corrected chi connectivity index (χ2v) is 2.97. The predicted octanol–water partition coefficient (Wildman–Crippen LogP) is 1.63. The third kappa shape index (κ3) is 1.86. The van der Waals surface area contributed by atoms with E-state index < -0.39 is 11.6 Å². The average Bonchev–Trinajstić information content (AvgIpc) is 2.19. The minimum atomic E-state index is -0.679. The number of ketones is 1. The van der Waals surface area contributed by atoms with Crippen molar-refractivity contribution in [3.05, 3.63) is 28.5 Å². The first-order valence-corrected chi connectivity index (χ1v) is 4.24. The molecular weight excluding hydrogens is 209 g/mol. The van der Waals surface area contributed by atoms with E-state index in [0.29, 0.717) is 0 Å². The van der Waals surface area contributed by atoms with Crippen LogP contribution in [0.4, 0.5) is 4.39 Å². The highest BCUT2D eigenvalue weighted by atomic mass is 35.5. The number of rotatable bonds is 3. The van der Waals surface area contributed by atoms with Gasteiger partial charge in [0.25, 0.3) is 0 Å². The van der Waals surface area contributed by atoms with Gasteiger partial charge in [0, 0.05) is 0 Å². The lowest BCUT2D eigenvalue weighted by molar-refractivity contribution is 0.0994. The van der Waals surface area contributed by atoms with Crippen molar-refractivity contribution in [3.63, 3.8) is 0 Å². The van der Waals surface area contributed by atoms with Crippen molar-refractivity contribution in [1.29, 1.82) is 0 Å². The normalized spacial score (nSPS) is 10.0. The first-order chi connectivity index (χ1) is 6.61. The van der Waals surface area contributed by atoms with Crippen molar-refractivity contribution in [3.8, 4) is 5.75 Å². The Morgan fingerprint density at radius 1 is 1.64 bits per heavy atom. The summed E-state index contributed by atoms with van der Waals surface area (Å²) in [7, 11) is 1.31. The molecule has 5 heteroatoms. The standard InChI is InChI=1S/C9H9ClFNO2/c1-14-9-5(10)2-3-6(11)8(9)7(13)4-12/h2-3H,4,12H2,1H3. The maximum atomic E-state index is 13.2. The largest absolute Gasteiger partial charge is 0.494 e. The molecule has 0 saturated heterocycles. The van der Waals surface area contributed by atoms with Gasteiger partial charge in [0.2, 0.25) is 0 Å². The van der Waals surface area contributed by atoms with Gasteiger partial charge in [-0.2, -0.15) is 0 Å². The Hall–Kier alpha value is -1.13. The molecule has 0 aromatic heterocycles. The first-order valence-electron chi connectivity index (χ1n) is 3.87. The molecule has 3 nitrogen and oxygen atoms in total. The van der Waals surface area contributed by atoms with Gasteiger partial charge in [-0.3, -0.25) is 4.79 Å². The van der Waals surface area contributed by atoms with Crippen LogP contribution < -0.4 is 10.5 Å². The van der Waals surface area contributed by atoms with Crippen LogP contribution in [0, 0.1) is 5.82 Å². The van der Waals surface area contributed by atoms with E-state index in [4.69, 9.17) is 22.1 Å². The number of ether oxygens (including phenoxy) is 1. The maximum absolute atomic E-state index is 13.2. The molecule has 0 aliphatic rings. The fourth-order valence-corrected chi connectivity index (χ4v) is 1.33. The molecule has 0 saturated carbocycles. The van der Waals surface area contributed by atoms with Crippen LogP contribution in [0.2, 0.25) is 5.02 Å². The lowest BCUT2D eigenvalue weighted by Gasteiger charge is -2.09. The number of Topliss-reactive ketones (excluding diaryl/α,β-unsaturated/α-hetero) is 1. The second-order valence-electron chi connectivity index (χ2n) is 2.56. The molecule has 0 aliphatic carbocycles. The van der Waals surface area contributed by atoms with E-state index in [2.05, 4.69) is 0 Å². The van der Waals surface area contributed by atoms with E-state index in [-0.39, 0.29) is 22.9 Å². The summed E-state index contributed by atoms with van der Waals surface area (Å²) in [6.07, 6.45) is 0. The molecule has 0 heterocycles. The molecule has 1 aromatic rings. The molecule has 0 bridgehead atoms. The third-order valence-corrected chi connectivity index (χ3v) is 2.02. The van der Waals surface area contributed by atoms with E-state index in [1.165, 1.54) is 13.2 Å². The molecule has 2 N–H and O–H groups in total. The monoisotopic (exact) mass is 217 g/mol. The molecule has 0 radical (unpaired) electrons. The first kappa shape index (κ1) is 10.9. The Kier molecular flexibility index (Phi) is 3.43. The van der Waals surface area contributed by atoms with E-state index in [0.717, 1.165) is 6.07 Å². The average molecular weight is 218 g/mol. The van der Waals surface area contributed by atoms with Crippen LogP contribution >= 0.6 is 11.6 Å². The summed E-state index contributed by atoms with van der Waals surface area (Å²) in [5.41, 5.74) is 4.94. The highest BCUT2D eigenvalue weighted by Crippen LogP contribution is 2.30. The molecule has 0 spiro atoms. The predicted molar refractivity (Wildman–Crippen MR) is 51.3 cm³/mol. The highest BCUT2D eigenvalue weighted by molar-refractivity contribution is 6.32. The number of halogens is 2. The Balaban J connectivity index is 3.37. The lowest BCUT2D eigenvalue weighted by Crippen LogP contribution is -2.16. The molecule has 0 fully saturated rings. The summed E-state index contributed by atoms with van der Waals surface area (Å²) in [6, 6.07) is 2.43. The van der Waals surface area contributed by atoms with Gasteiger partial charge in [-0.05, 0) is 12.1 Å². The molecule has 0 aliphatic heterocycles. The Bertz CT molecular complexity index is 368. The zero-order valence-electron chi connectivity index (χ0n) is 7.51. The summed E-state index contributed by atoms with van der Waals surface area (Å²) < 4.78 is 18.1. The van der Waals surface area contributed by atoms with Crippen molar-refractivity contribution in [2.75, 3.05) is 13.7 Å². The molecule has 1 aromatic carbocycles. The number of nitrogens with two attached hydrogens (primary N) is 1. The van der Waals surface area contributed by atoms with Crippen LogP contribution in [0.25, 0.3) is 0 Å². The molecular formula is C9H9ClFNO2. The summed E-state index contributed by atoms with van der Waals surface area (Å²) in [4.78, 5) is 11.3. The van der Waals surface area contributed by atoms with Crippen molar-refractivity contribution < 1.29 is 13.9 Å². The second kappa shape index (κ2) is 4.39. The minimum absolute atomic E-state index is 0.0297. The zero-order chi connectivity index (χ0) is 10.7. The highest BCUT2D eigenvalue weighted by Gasteiger charge is 2.18. The number of carbonyl (C=O) groups is 1. The number of hydrogen-bond donors (Lipinski definition) is 1. The lowest BCUT2D eigenvalue weighted by atomic mass is 10.1. The topological polar surface area (TPSA) is 52.3 Å². The number of benzene rings is 1. The van der Waals surface area contributed by atoms with Gasteiger partial charge in [0.05, 0.1) is 24.2 Å². The van der Waals surface area contributed by atoms with Crippen LogP contribution in [0.1, 0.15) is 10.4 Å². The van der Waals surface area contributed by atoms with E-state index in [1.54, 1.807) is 0 Å². The van der Waals surface area contributed by atoms with E-state index >= 15 is 0 Å². The van der Waals surface area contributed by atoms with Crippen molar-refractivity contribution >= 4 is 17.4 Å². The van der Waals surface area contributed by atoms with Crippen molar-refractivity contribution in [1.82, 2.24) is 0 Å². The van der Waals surface area contributed by atoms with Gasteiger partial charge >= 0.3 is 0 Å². The minimum Gasteiger partial charge on any atom is -0.494 e. The Morgan fingerprint density at radius 3 is 2.79 bits per heavy atom. The number of methoxy groups -OCH3 is 1. The SMILES string of the molecule is COc1c(Cl)ccc(F)c1C(=O)CN. The fourth-order valence-electron chi connectivity index (χ4n) is 1.09. The molecule has 76 valence electrons. The maximum Gasteiger partial charge on any atom is 0.183 e. The van der Waals surface area contributed by atoms with Crippen LogP contribution in [0.15, 0.2) is 12.1 Å². The van der Waals surface area contributed by atoms with Crippen LogP contribution in [-0.4, -0.2) is 19.4 Å². The van der Waals surface area contributed by atoms with Gasteiger partial charge in [0.15, 0.2) is 11.5 Å². The van der Waals surface area contributed by atoms with Crippen molar-refractivity contribution in [2.24, 2.45) is 5.73 Å². The molecule has 0 atom stereocenters. The van der Waals surface area contributed by atoms with Crippen LogP contribution in [-0.2, 0) is 0 Å². The third-order valence-electron chi connectivity index (χ3n) is 1.73. The molecule has 0 amide bonds. The van der Waals surface area contributed by atoms with E-state index in [9.17, 15) is 9.18 Å². The summed E-state index contributed by atoms with van der Waals surface area (Å²) in [6.45, 7) is -0.284. The number of carbonyl (C=O) groups excluding carboxylic acids is 1. The quantitative estimate of drug-likeness (QED) is 0.783. The van der Waals surface area contributed by atoms with Gasteiger partial charge in [0.1, 0.15) is 5.82 Å². The summed E-state index contributed by atoms with van der Waals surface area (Å²) in [5.74, 6) is -1.19. The fraction of sp³-hybridized carbons (Fsp3) is 0.222. The molecule has 1 rings (SSSR count). The molecule has 14 heavy (non-hydrogen) atoms.